The van der Waals surface area contributed by atoms with Crippen molar-refractivity contribution in [1.82, 2.24) is 10.2 Å². The maximum Gasteiger partial charge on any atom is 0.332 e. The van der Waals surface area contributed by atoms with E-state index in [0.717, 1.165) is 16.5 Å². The minimum atomic E-state index is -1.20. The highest BCUT2D eigenvalue weighted by Crippen LogP contribution is 2.38. The number of carboxylic acid groups (broad SMARTS) is 2. The number of carbonyl (C=O) groups is 2. The summed E-state index contributed by atoms with van der Waals surface area (Å²) < 4.78 is 0. The standard InChI is InChI=1S/C16H14N2O4/c1-16(15(21)22)5-4-11(12(7-16)14(19)20)9-2-3-10-8-17-18-13(10)6-9/h2-6,8H,7H2,1H3,(H,17,18)(H,19,20)(H,21,22). The van der Waals surface area contributed by atoms with Crippen LogP contribution in [0.25, 0.3) is 16.5 Å². The summed E-state index contributed by atoms with van der Waals surface area (Å²) in [5.41, 5.74) is 0.955. The van der Waals surface area contributed by atoms with Crippen LogP contribution >= 0.6 is 0 Å². The lowest BCUT2D eigenvalue weighted by molar-refractivity contribution is -0.145. The second-order valence-electron chi connectivity index (χ2n) is 5.60. The maximum atomic E-state index is 11.6. The Morgan fingerprint density at radius 3 is 2.77 bits per heavy atom. The number of hydrogen-bond donors (Lipinski definition) is 3. The molecular formula is C16H14N2O4. The molecule has 1 heterocycles. The summed E-state index contributed by atoms with van der Waals surface area (Å²) in [6.07, 6.45) is 4.77. The second kappa shape index (κ2) is 4.84. The Morgan fingerprint density at radius 2 is 2.09 bits per heavy atom. The molecule has 6 heteroatoms. The predicted molar refractivity (Wildman–Crippen MR) is 80.1 cm³/mol. The lowest BCUT2D eigenvalue weighted by Gasteiger charge is -2.26. The zero-order valence-corrected chi connectivity index (χ0v) is 11.8. The molecule has 3 N–H and O–H groups in total. The Hall–Kier alpha value is -2.89. The van der Waals surface area contributed by atoms with Crippen LogP contribution in [0.4, 0.5) is 0 Å². The zero-order valence-electron chi connectivity index (χ0n) is 11.8. The van der Waals surface area contributed by atoms with Gasteiger partial charge in [0.05, 0.1) is 17.1 Å². The molecule has 1 aromatic heterocycles. The lowest BCUT2D eigenvalue weighted by Crippen LogP contribution is -2.29. The number of aromatic amines is 1. The molecule has 1 aliphatic carbocycles. The molecule has 0 saturated heterocycles. The summed E-state index contributed by atoms with van der Waals surface area (Å²) in [5, 5.41) is 26.4. The van der Waals surface area contributed by atoms with Crippen molar-refractivity contribution in [3.05, 3.63) is 47.7 Å². The summed E-state index contributed by atoms with van der Waals surface area (Å²) in [6.45, 7) is 1.52. The van der Waals surface area contributed by atoms with Crippen LogP contribution in [0.15, 0.2) is 42.1 Å². The normalized spacial score (nSPS) is 21.3. The fourth-order valence-corrected chi connectivity index (χ4v) is 2.60. The van der Waals surface area contributed by atoms with Crippen LogP contribution in [-0.2, 0) is 9.59 Å². The largest absolute Gasteiger partial charge is 0.481 e. The van der Waals surface area contributed by atoms with Gasteiger partial charge in [0.2, 0.25) is 0 Å². The van der Waals surface area contributed by atoms with Crippen LogP contribution in [0, 0.1) is 5.41 Å². The van der Waals surface area contributed by atoms with E-state index in [-0.39, 0.29) is 12.0 Å². The van der Waals surface area contributed by atoms with Gasteiger partial charge in [0.1, 0.15) is 0 Å². The molecule has 3 rings (SSSR count). The van der Waals surface area contributed by atoms with Crippen LogP contribution in [0.2, 0.25) is 0 Å². The molecule has 0 amide bonds. The van der Waals surface area contributed by atoms with Crippen molar-refractivity contribution in [3.8, 4) is 0 Å². The van der Waals surface area contributed by atoms with Crippen molar-refractivity contribution < 1.29 is 19.8 Å². The first-order chi connectivity index (χ1) is 10.4. The van der Waals surface area contributed by atoms with Gasteiger partial charge in [-0.05, 0) is 30.5 Å². The van der Waals surface area contributed by atoms with Gasteiger partial charge in [0.15, 0.2) is 0 Å². The van der Waals surface area contributed by atoms with E-state index in [1.807, 2.05) is 18.2 Å². The maximum absolute atomic E-state index is 11.6. The third kappa shape index (κ3) is 2.18. The van der Waals surface area contributed by atoms with Gasteiger partial charge < -0.3 is 10.2 Å². The van der Waals surface area contributed by atoms with Gasteiger partial charge in [-0.15, -0.1) is 0 Å². The van der Waals surface area contributed by atoms with Crippen LogP contribution in [-0.4, -0.2) is 32.3 Å². The Labute approximate surface area is 125 Å². The third-order valence-corrected chi connectivity index (χ3v) is 3.99. The van der Waals surface area contributed by atoms with E-state index in [9.17, 15) is 19.8 Å². The molecule has 0 aliphatic heterocycles. The summed E-state index contributed by atoms with van der Waals surface area (Å²) in [4.78, 5) is 22.9. The highest BCUT2D eigenvalue weighted by Gasteiger charge is 2.36. The quantitative estimate of drug-likeness (QED) is 0.807. The van der Waals surface area contributed by atoms with Gasteiger partial charge in [-0.25, -0.2) is 4.79 Å². The van der Waals surface area contributed by atoms with Crippen LogP contribution in [0.1, 0.15) is 18.9 Å². The fourth-order valence-electron chi connectivity index (χ4n) is 2.60. The number of benzene rings is 1. The molecule has 1 aromatic carbocycles. The zero-order chi connectivity index (χ0) is 15.9. The lowest BCUT2D eigenvalue weighted by atomic mass is 9.76. The highest BCUT2D eigenvalue weighted by molar-refractivity contribution is 6.02. The molecule has 1 aliphatic rings. The van der Waals surface area contributed by atoms with Crippen molar-refractivity contribution in [2.75, 3.05) is 0 Å². The van der Waals surface area contributed by atoms with Gasteiger partial charge in [-0.3, -0.25) is 9.89 Å². The molecule has 0 spiro atoms. The number of rotatable bonds is 3. The van der Waals surface area contributed by atoms with Gasteiger partial charge in [0.25, 0.3) is 0 Å². The topological polar surface area (TPSA) is 103 Å². The van der Waals surface area contributed by atoms with E-state index >= 15 is 0 Å². The number of nitrogens with zero attached hydrogens (tertiary/aromatic N) is 1. The number of aromatic nitrogens is 2. The molecular weight excluding hydrogens is 284 g/mol. The van der Waals surface area contributed by atoms with Crippen molar-refractivity contribution in [2.45, 2.75) is 13.3 Å². The predicted octanol–water partition coefficient (Wildman–Crippen LogP) is 2.45. The smallest absolute Gasteiger partial charge is 0.332 e. The van der Waals surface area contributed by atoms with E-state index in [1.165, 1.54) is 6.92 Å². The number of nitrogens with one attached hydrogen (secondary N) is 1. The van der Waals surface area contributed by atoms with E-state index in [2.05, 4.69) is 10.2 Å². The Balaban J connectivity index is 2.12. The number of allylic oxidation sites excluding steroid dienone is 2. The minimum absolute atomic E-state index is 0.0511. The summed E-state index contributed by atoms with van der Waals surface area (Å²) in [5.74, 6) is -2.14. The van der Waals surface area contributed by atoms with Gasteiger partial charge >= 0.3 is 11.9 Å². The molecule has 0 fully saturated rings. The highest BCUT2D eigenvalue weighted by atomic mass is 16.4. The summed E-state index contributed by atoms with van der Waals surface area (Å²) >= 11 is 0. The average molecular weight is 298 g/mol. The third-order valence-electron chi connectivity index (χ3n) is 3.99. The van der Waals surface area contributed by atoms with Gasteiger partial charge in [-0.1, -0.05) is 24.3 Å². The minimum Gasteiger partial charge on any atom is -0.481 e. The summed E-state index contributed by atoms with van der Waals surface area (Å²) in [6, 6.07) is 5.47. The fraction of sp³-hybridized carbons (Fsp3) is 0.188. The van der Waals surface area contributed by atoms with Gasteiger partial charge in [0, 0.05) is 11.0 Å². The average Bonchev–Trinajstić information content (AvgIpc) is 2.94. The first-order valence-corrected chi connectivity index (χ1v) is 6.73. The molecule has 0 bridgehead atoms. The van der Waals surface area contributed by atoms with Crippen molar-refractivity contribution in [3.63, 3.8) is 0 Å². The molecule has 0 saturated carbocycles. The monoisotopic (exact) mass is 298 g/mol. The van der Waals surface area contributed by atoms with Crippen molar-refractivity contribution >= 4 is 28.4 Å². The first kappa shape index (κ1) is 14.1. The van der Waals surface area contributed by atoms with E-state index in [4.69, 9.17) is 0 Å². The molecule has 1 atom stereocenters. The van der Waals surface area contributed by atoms with Crippen LogP contribution in [0.5, 0.6) is 0 Å². The van der Waals surface area contributed by atoms with E-state index in [1.54, 1.807) is 18.3 Å². The molecule has 22 heavy (non-hydrogen) atoms. The molecule has 6 nitrogen and oxygen atoms in total. The summed E-state index contributed by atoms with van der Waals surface area (Å²) in [7, 11) is 0. The molecule has 0 radical (unpaired) electrons. The van der Waals surface area contributed by atoms with Crippen molar-refractivity contribution in [1.29, 1.82) is 0 Å². The number of fused-ring (bicyclic) bond motifs is 1. The molecule has 1 unspecified atom stereocenters. The van der Waals surface area contributed by atoms with Crippen LogP contribution in [0.3, 0.4) is 0 Å². The Bertz CT molecular complexity index is 847. The van der Waals surface area contributed by atoms with Gasteiger partial charge in [-0.2, -0.15) is 5.10 Å². The first-order valence-electron chi connectivity index (χ1n) is 6.73. The van der Waals surface area contributed by atoms with Crippen LogP contribution < -0.4 is 0 Å². The molecule has 2 aromatic rings. The number of H-pyrrole nitrogens is 1. The number of aliphatic carboxylic acids is 2. The SMILES string of the molecule is CC1(C(=O)O)C=CC(c2ccc3cn[nH]c3c2)=C(C(=O)O)C1. The molecule has 112 valence electrons. The Morgan fingerprint density at radius 1 is 1.32 bits per heavy atom. The Kier molecular flexibility index (Phi) is 3.09. The van der Waals surface area contributed by atoms with Crippen molar-refractivity contribution in [2.24, 2.45) is 5.41 Å². The number of hydrogen-bond acceptors (Lipinski definition) is 3. The van der Waals surface area contributed by atoms with E-state index in [0.29, 0.717) is 5.57 Å². The second-order valence-corrected chi connectivity index (χ2v) is 5.60. The van der Waals surface area contributed by atoms with E-state index < -0.39 is 17.4 Å². The number of carboxylic acids is 2.